The van der Waals surface area contributed by atoms with Crippen molar-refractivity contribution in [1.82, 2.24) is 20.3 Å². The van der Waals surface area contributed by atoms with Gasteiger partial charge in [-0.3, -0.25) is 4.68 Å². The number of nitrogens with one attached hydrogen (secondary N) is 1. The Labute approximate surface area is 84.0 Å². The second-order valence-electron chi connectivity index (χ2n) is 3.70. The van der Waals surface area contributed by atoms with Crippen LogP contribution in [0.5, 0.6) is 0 Å². The molecule has 4 heteroatoms. The molecule has 0 amide bonds. The van der Waals surface area contributed by atoms with Crippen molar-refractivity contribution in [1.29, 1.82) is 0 Å². The van der Waals surface area contributed by atoms with E-state index in [1.807, 2.05) is 7.05 Å². The number of aromatic nitrogens is 3. The van der Waals surface area contributed by atoms with E-state index in [1.54, 1.807) is 10.9 Å². The lowest BCUT2D eigenvalue weighted by Gasteiger charge is -2.17. The highest BCUT2D eigenvalue weighted by molar-refractivity contribution is 5.00. The van der Waals surface area contributed by atoms with E-state index in [-0.39, 0.29) is 0 Å². The molecule has 1 unspecified atom stereocenters. The fraction of sp³-hybridized carbons (Fsp3) is 0.600. The first kappa shape index (κ1) is 9.40. The fourth-order valence-corrected chi connectivity index (χ4v) is 1.69. The zero-order valence-corrected chi connectivity index (χ0v) is 8.48. The number of hydrogen-bond acceptors (Lipinski definition) is 3. The zero-order valence-electron chi connectivity index (χ0n) is 8.48. The normalized spacial score (nSPS) is 21.4. The predicted molar refractivity (Wildman–Crippen MR) is 54.6 cm³/mol. The summed E-state index contributed by atoms with van der Waals surface area (Å²) in [6.07, 6.45) is 10.1. The number of allylic oxidation sites excluding steroid dienone is 1. The van der Waals surface area contributed by atoms with Crippen LogP contribution in [-0.2, 0) is 13.6 Å². The first-order chi connectivity index (χ1) is 6.86. The number of aryl methyl sites for hydroxylation is 1. The van der Waals surface area contributed by atoms with Gasteiger partial charge in [-0.25, -0.2) is 0 Å². The highest BCUT2D eigenvalue weighted by Gasteiger charge is 2.08. The maximum Gasteiger partial charge on any atom is 0.0738 e. The Kier molecular flexibility index (Phi) is 2.93. The van der Waals surface area contributed by atoms with Gasteiger partial charge in [-0.05, 0) is 19.3 Å². The third-order valence-corrected chi connectivity index (χ3v) is 2.61. The molecule has 1 aliphatic carbocycles. The maximum absolute atomic E-state index is 3.89. The number of rotatable bonds is 3. The van der Waals surface area contributed by atoms with Gasteiger partial charge in [-0.2, -0.15) is 0 Å². The van der Waals surface area contributed by atoms with Crippen LogP contribution in [0.1, 0.15) is 25.0 Å². The van der Waals surface area contributed by atoms with Crippen molar-refractivity contribution in [3.05, 3.63) is 24.0 Å². The summed E-state index contributed by atoms with van der Waals surface area (Å²) in [4.78, 5) is 0. The standard InChI is InChI=1S/C10H16N4/c1-14-10(8-12-13-14)7-11-9-5-3-2-4-6-9/h3,5,8-9,11H,2,4,6-7H2,1H3. The molecule has 0 fully saturated rings. The second kappa shape index (κ2) is 4.37. The molecular formula is C10H16N4. The smallest absolute Gasteiger partial charge is 0.0738 e. The molecule has 1 aliphatic rings. The molecule has 1 heterocycles. The molecule has 1 aromatic heterocycles. The van der Waals surface area contributed by atoms with E-state index in [0.717, 1.165) is 12.2 Å². The SMILES string of the molecule is Cn1nncc1CNC1C=CCCC1. The van der Waals surface area contributed by atoms with E-state index >= 15 is 0 Å². The first-order valence-electron chi connectivity index (χ1n) is 5.10. The van der Waals surface area contributed by atoms with Gasteiger partial charge in [-0.15, -0.1) is 5.10 Å². The Bertz CT molecular complexity index is 316. The van der Waals surface area contributed by atoms with Crippen molar-refractivity contribution in [3.63, 3.8) is 0 Å². The number of hydrogen-bond donors (Lipinski definition) is 1. The molecule has 4 nitrogen and oxygen atoms in total. The van der Waals surface area contributed by atoms with E-state index in [4.69, 9.17) is 0 Å². The van der Waals surface area contributed by atoms with Crippen LogP contribution in [0.4, 0.5) is 0 Å². The third kappa shape index (κ3) is 2.20. The fourth-order valence-electron chi connectivity index (χ4n) is 1.69. The molecule has 0 aromatic carbocycles. The number of nitrogens with zero attached hydrogens (tertiary/aromatic N) is 3. The van der Waals surface area contributed by atoms with Gasteiger partial charge in [0.1, 0.15) is 0 Å². The summed E-state index contributed by atoms with van der Waals surface area (Å²) in [5.41, 5.74) is 1.13. The monoisotopic (exact) mass is 192 g/mol. The van der Waals surface area contributed by atoms with Gasteiger partial charge in [0.05, 0.1) is 11.9 Å². The highest BCUT2D eigenvalue weighted by Crippen LogP contribution is 2.10. The van der Waals surface area contributed by atoms with Crippen LogP contribution < -0.4 is 5.32 Å². The van der Waals surface area contributed by atoms with Crippen molar-refractivity contribution in [2.24, 2.45) is 7.05 Å². The molecule has 0 saturated carbocycles. The molecule has 1 N–H and O–H groups in total. The van der Waals surface area contributed by atoms with E-state index < -0.39 is 0 Å². The van der Waals surface area contributed by atoms with Crippen molar-refractivity contribution in [2.75, 3.05) is 0 Å². The molecule has 0 aliphatic heterocycles. The molecular weight excluding hydrogens is 176 g/mol. The minimum absolute atomic E-state index is 0.527. The van der Waals surface area contributed by atoms with Gasteiger partial charge in [0, 0.05) is 19.6 Å². The lowest BCUT2D eigenvalue weighted by atomic mass is 10.0. The predicted octanol–water partition coefficient (Wildman–Crippen LogP) is 1.01. The summed E-state index contributed by atoms with van der Waals surface area (Å²) in [6, 6.07) is 0.527. The summed E-state index contributed by atoms with van der Waals surface area (Å²) in [5, 5.41) is 11.2. The van der Waals surface area contributed by atoms with Crippen molar-refractivity contribution >= 4 is 0 Å². The summed E-state index contributed by atoms with van der Waals surface area (Å²) in [6.45, 7) is 0.846. The molecule has 2 rings (SSSR count). The van der Waals surface area contributed by atoms with Crippen molar-refractivity contribution < 1.29 is 0 Å². The minimum Gasteiger partial charge on any atom is -0.305 e. The van der Waals surface area contributed by atoms with Gasteiger partial charge in [0.2, 0.25) is 0 Å². The molecule has 14 heavy (non-hydrogen) atoms. The Morgan fingerprint density at radius 3 is 3.21 bits per heavy atom. The Hall–Kier alpha value is -1.16. The lowest BCUT2D eigenvalue weighted by molar-refractivity contribution is 0.508. The van der Waals surface area contributed by atoms with Crippen molar-refractivity contribution in [3.8, 4) is 0 Å². The Balaban J connectivity index is 1.85. The quantitative estimate of drug-likeness (QED) is 0.727. The van der Waals surface area contributed by atoms with Crippen LogP contribution >= 0.6 is 0 Å². The summed E-state index contributed by atoms with van der Waals surface area (Å²) >= 11 is 0. The maximum atomic E-state index is 3.89. The van der Waals surface area contributed by atoms with Crippen LogP contribution in [-0.4, -0.2) is 21.0 Å². The van der Waals surface area contributed by atoms with Gasteiger partial charge in [0.25, 0.3) is 0 Å². The van der Waals surface area contributed by atoms with Crippen LogP contribution in [0.2, 0.25) is 0 Å². The average Bonchev–Trinajstić information content (AvgIpc) is 2.63. The molecule has 1 aromatic rings. The largest absolute Gasteiger partial charge is 0.305 e. The van der Waals surface area contributed by atoms with Gasteiger partial charge >= 0.3 is 0 Å². The summed E-state index contributed by atoms with van der Waals surface area (Å²) in [5.74, 6) is 0. The summed E-state index contributed by atoms with van der Waals surface area (Å²) in [7, 11) is 1.92. The van der Waals surface area contributed by atoms with Gasteiger partial charge in [0.15, 0.2) is 0 Å². The van der Waals surface area contributed by atoms with E-state index in [0.29, 0.717) is 6.04 Å². The molecule has 0 radical (unpaired) electrons. The third-order valence-electron chi connectivity index (χ3n) is 2.61. The van der Waals surface area contributed by atoms with Crippen LogP contribution in [0.15, 0.2) is 18.3 Å². The highest BCUT2D eigenvalue weighted by atomic mass is 15.4. The minimum atomic E-state index is 0.527. The Morgan fingerprint density at radius 1 is 1.64 bits per heavy atom. The molecule has 1 atom stereocenters. The molecule has 0 spiro atoms. The van der Waals surface area contributed by atoms with Crippen LogP contribution in [0.25, 0.3) is 0 Å². The zero-order chi connectivity index (χ0) is 9.80. The average molecular weight is 192 g/mol. The van der Waals surface area contributed by atoms with E-state index in [1.165, 1.54) is 19.3 Å². The first-order valence-corrected chi connectivity index (χ1v) is 5.10. The van der Waals surface area contributed by atoms with Crippen LogP contribution in [0, 0.1) is 0 Å². The second-order valence-corrected chi connectivity index (χ2v) is 3.70. The van der Waals surface area contributed by atoms with Crippen LogP contribution in [0.3, 0.4) is 0 Å². The van der Waals surface area contributed by atoms with E-state index in [2.05, 4.69) is 27.8 Å². The topological polar surface area (TPSA) is 42.7 Å². The summed E-state index contributed by atoms with van der Waals surface area (Å²) < 4.78 is 1.81. The van der Waals surface area contributed by atoms with Gasteiger partial charge in [-0.1, -0.05) is 17.4 Å². The lowest BCUT2D eigenvalue weighted by Crippen LogP contribution is -2.28. The van der Waals surface area contributed by atoms with Crippen molar-refractivity contribution in [2.45, 2.75) is 31.8 Å². The molecule has 76 valence electrons. The van der Waals surface area contributed by atoms with Gasteiger partial charge < -0.3 is 5.32 Å². The Morgan fingerprint density at radius 2 is 2.57 bits per heavy atom. The van der Waals surface area contributed by atoms with E-state index in [9.17, 15) is 0 Å². The molecule has 0 saturated heterocycles. The molecule has 0 bridgehead atoms.